The van der Waals surface area contributed by atoms with Crippen LogP contribution < -0.4 is 20.1 Å². The topological polar surface area (TPSA) is 84.7 Å². The largest absolute Gasteiger partial charge is 0.508 e. The van der Waals surface area contributed by atoms with E-state index < -0.39 is 5.82 Å². The van der Waals surface area contributed by atoms with Crippen LogP contribution >= 0.6 is 0 Å². The SMILES string of the molecule is C=C(O)c1cn(C2CC2)c2cc(N3CCN(CCN4CCN(c5ccc(N6CCOC6=O)cc5)CC4)CC3)c(F)cc2c1=O. The minimum atomic E-state index is -0.405. The van der Waals surface area contributed by atoms with Gasteiger partial charge in [-0.25, -0.2) is 9.18 Å². The predicted octanol–water partition coefficient (Wildman–Crippen LogP) is 3.91. The van der Waals surface area contributed by atoms with Gasteiger partial charge in [-0.1, -0.05) is 6.58 Å². The van der Waals surface area contributed by atoms with Crippen LogP contribution in [0, 0.1) is 5.82 Å². The summed E-state index contributed by atoms with van der Waals surface area (Å²) in [5.74, 6) is -0.690. The molecule has 1 amide bonds. The van der Waals surface area contributed by atoms with Crippen LogP contribution in [-0.2, 0) is 4.74 Å². The highest BCUT2D eigenvalue weighted by molar-refractivity contribution is 5.89. The number of rotatable bonds is 8. The monoisotopic (exact) mass is 602 g/mol. The summed E-state index contributed by atoms with van der Waals surface area (Å²) in [6.07, 6.45) is 3.40. The van der Waals surface area contributed by atoms with Crippen molar-refractivity contribution < 1.29 is 19.0 Å². The molecule has 7 rings (SSSR count). The molecule has 11 heteroatoms. The Morgan fingerprint density at radius 2 is 1.48 bits per heavy atom. The number of ether oxygens (including phenoxy) is 1. The summed E-state index contributed by atoms with van der Waals surface area (Å²) in [6.45, 7) is 13.6. The van der Waals surface area contributed by atoms with Gasteiger partial charge in [0, 0.05) is 94.4 Å². The van der Waals surface area contributed by atoms with Crippen molar-refractivity contribution in [2.75, 3.05) is 93.3 Å². The van der Waals surface area contributed by atoms with Crippen LogP contribution in [0.3, 0.4) is 0 Å². The van der Waals surface area contributed by atoms with E-state index in [0.717, 1.165) is 84.0 Å². The van der Waals surface area contributed by atoms with Crippen molar-refractivity contribution in [3.8, 4) is 0 Å². The molecule has 10 nitrogen and oxygen atoms in total. The van der Waals surface area contributed by atoms with Gasteiger partial charge in [0.05, 0.1) is 23.3 Å². The van der Waals surface area contributed by atoms with Gasteiger partial charge in [-0.15, -0.1) is 0 Å². The molecule has 1 saturated carbocycles. The molecule has 44 heavy (non-hydrogen) atoms. The predicted molar refractivity (Wildman–Crippen MR) is 171 cm³/mol. The minimum absolute atomic E-state index is 0.132. The lowest BCUT2D eigenvalue weighted by Gasteiger charge is -2.39. The number of aliphatic hydroxyl groups is 1. The summed E-state index contributed by atoms with van der Waals surface area (Å²) < 4.78 is 22.4. The van der Waals surface area contributed by atoms with E-state index in [1.165, 1.54) is 11.8 Å². The molecule has 0 spiro atoms. The number of hydrogen-bond acceptors (Lipinski definition) is 8. The first-order valence-electron chi connectivity index (χ1n) is 15.6. The lowest BCUT2D eigenvalue weighted by atomic mass is 10.1. The molecule has 2 aromatic carbocycles. The molecule has 0 unspecified atom stereocenters. The molecule has 3 saturated heterocycles. The van der Waals surface area contributed by atoms with Crippen LogP contribution in [0.5, 0.6) is 0 Å². The summed E-state index contributed by atoms with van der Waals surface area (Å²) >= 11 is 0. The van der Waals surface area contributed by atoms with Gasteiger partial charge in [0.25, 0.3) is 0 Å². The molecule has 4 heterocycles. The fourth-order valence-electron chi connectivity index (χ4n) is 6.66. The second-order valence-electron chi connectivity index (χ2n) is 12.2. The number of amides is 1. The van der Waals surface area contributed by atoms with Crippen molar-refractivity contribution in [2.45, 2.75) is 18.9 Å². The summed E-state index contributed by atoms with van der Waals surface area (Å²) in [6, 6.07) is 11.6. The first-order chi connectivity index (χ1) is 21.4. The Morgan fingerprint density at radius 3 is 2.05 bits per heavy atom. The van der Waals surface area contributed by atoms with Crippen molar-refractivity contribution in [3.63, 3.8) is 0 Å². The number of hydrogen-bond donors (Lipinski definition) is 1. The molecule has 4 aliphatic rings. The lowest BCUT2D eigenvalue weighted by molar-refractivity contribution is 0.181. The van der Waals surface area contributed by atoms with Crippen molar-refractivity contribution >= 4 is 39.8 Å². The number of aromatic nitrogens is 1. The zero-order valence-corrected chi connectivity index (χ0v) is 25.0. The lowest BCUT2D eigenvalue weighted by Crippen LogP contribution is -2.51. The second kappa shape index (κ2) is 11.8. The van der Waals surface area contributed by atoms with Gasteiger partial charge in [-0.3, -0.25) is 19.5 Å². The number of nitrogens with zero attached hydrogens (tertiary/aromatic N) is 6. The summed E-state index contributed by atoms with van der Waals surface area (Å²) in [4.78, 5) is 35.9. The van der Waals surface area contributed by atoms with Gasteiger partial charge in [0.1, 0.15) is 18.2 Å². The second-order valence-corrected chi connectivity index (χ2v) is 12.2. The maximum Gasteiger partial charge on any atom is 0.414 e. The minimum Gasteiger partial charge on any atom is -0.508 e. The highest BCUT2D eigenvalue weighted by atomic mass is 19.1. The number of anilines is 3. The molecular weight excluding hydrogens is 563 g/mol. The Balaban J connectivity index is 0.919. The van der Waals surface area contributed by atoms with Gasteiger partial charge < -0.3 is 24.2 Å². The number of carbonyl (C=O) groups is 1. The Morgan fingerprint density at radius 1 is 0.864 bits per heavy atom. The van der Waals surface area contributed by atoms with E-state index in [1.807, 2.05) is 22.8 Å². The number of benzene rings is 2. The normalized spacial score (nSPS) is 20.0. The Bertz CT molecular complexity index is 1620. The van der Waals surface area contributed by atoms with Crippen LogP contribution in [0.4, 0.5) is 26.2 Å². The average molecular weight is 603 g/mol. The number of piperazine rings is 2. The van der Waals surface area contributed by atoms with Crippen LogP contribution in [0.2, 0.25) is 0 Å². The zero-order valence-electron chi connectivity index (χ0n) is 25.0. The van der Waals surface area contributed by atoms with E-state index in [-0.39, 0.29) is 34.3 Å². The standard InChI is InChI=1S/C33H39FN6O4/c1-23(41)28-22-40(26-6-7-26)30-21-31(29(34)20-27(30)32(28)42)38-16-12-36(13-17-38)9-8-35-10-14-37(15-11-35)24-2-4-25(5-3-24)39-18-19-44-33(39)43/h2-5,20-22,26,41H,1,6-19H2. The quantitative estimate of drug-likeness (QED) is 0.389. The molecule has 1 aromatic heterocycles. The Hall–Kier alpha value is -4.09. The summed E-state index contributed by atoms with van der Waals surface area (Å²) in [7, 11) is 0. The van der Waals surface area contributed by atoms with E-state index in [9.17, 15) is 14.7 Å². The molecule has 3 aliphatic heterocycles. The van der Waals surface area contributed by atoms with Crippen LogP contribution in [0.25, 0.3) is 16.7 Å². The van der Waals surface area contributed by atoms with E-state index >= 15 is 4.39 Å². The van der Waals surface area contributed by atoms with E-state index in [0.29, 0.717) is 24.4 Å². The fraction of sp³-hybridized carbons (Fsp3) is 0.455. The third kappa shape index (κ3) is 5.61. The van der Waals surface area contributed by atoms with Crippen molar-refractivity contribution in [1.29, 1.82) is 0 Å². The summed E-state index contributed by atoms with van der Waals surface area (Å²) in [5.41, 5.74) is 3.04. The first kappa shape index (κ1) is 28.7. The molecule has 0 bridgehead atoms. The Kier molecular flexibility index (Phi) is 7.67. The Labute approximate surface area is 256 Å². The maximum absolute atomic E-state index is 15.4. The summed E-state index contributed by atoms with van der Waals surface area (Å²) in [5, 5.41) is 10.2. The molecular formula is C33H39FN6O4. The number of fused-ring (bicyclic) bond motifs is 1. The first-order valence-corrected chi connectivity index (χ1v) is 15.6. The molecule has 0 radical (unpaired) electrons. The number of carbonyl (C=O) groups excluding carboxylic acids is 1. The number of aliphatic hydroxyl groups excluding tert-OH is 1. The molecule has 3 aromatic rings. The number of cyclic esters (lactones) is 1. The molecule has 4 fully saturated rings. The van der Waals surface area contributed by atoms with Crippen molar-refractivity contribution in [2.24, 2.45) is 0 Å². The van der Waals surface area contributed by atoms with E-state index in [2.05, 4.69) is 38.3 Å². The third-order valence-corrected chi connectivity index (χ3v) is 9.46. The van der Waals surface area contributed by atoms with Gasteiger partial charge in [0.15, 0.2) is 5.43 Å². The van der Waals surface area contributed by atoms with E-state index in [4.69, 9.17) is 4.74 Å². The smallest absolute Gasteiger partial charge is 0.414 e. The van der Waals surface area contributed by atoms with Gasteiger partial charge in [-0.05, 0) is 49.2 Å². The van der Waals surface area contributed by atoms with E-state index in [1.54, 1.807) is 11.1 Å². The van der Waals surface area contributed by atoms with Crippen LogP contribution in [0.15, 0.2) is 54.0 Å². The average Bonchev–Trinajstić information content (AvgIpc) is 3.80. The maximum atomic E-state index is 15.4. The highest BCUT2D eigenvalue weighted by Crippen LogP contribution is 2.38. The van der Waals surface area contributed by atoms with Gasteiger partial charge in [-0.2, -0.15) is 0 Å². The van der Waals surface area contributed by atoms with Crippen molar-refractivity contribution in [1.82, 2.24) is 14.4 Å². The molecule has 0 atom stereocenters. The van der Waals surface area contributed by atoms with Crippen LogP contribution in [0.1, 0.15) is 24.4 Å². The molecule has 1 N–H and O–H groups in total. The van der Waals surface area contributed by atoms with Gasteiger partial charge >= 0.3 is 6.09 Å². The third-order valence-electron chi connectivity index (χ3n) is 9.46. The zero-order chi connectivity index (χ0) is 30.4. The fourth-order valence-corrected chi connectivity index (χ4v) is 6.66. The number of pyridine rings is 1. The number of halogens is 1. The molecule has 1 aliphatic carbocycles. The highest BCUT2D eigenvalue weighted by Gasteiger charge is 2.28. The molecule has 232 valence electrons. The van der Waals surface area contributed by atoms with Crippen molar-refractivity contribution in [3.05, 3.63) is 70.8 Å². The van der Waals surface area contributed by atoms with Gasteiger partial charge in [0.2, 0.25) is 0 Å². The van der Waals surface area contributed by atoms with Crippen LogP contribution in [-0.4, -0.2) is 104 Å².